The van der Waals surface area contributed by atoms with Crippen LogP contribution in [0.2, 0.25) is 0 Å². The maximum atomic E-state index is 10.9. The number of thiophene rings is 1. The number of rotatable bonds is 7. The van der Waals surface area contributed by atoms with E-state index in [1.807, 2.05) is 38.1 Å². The molecule has 2 aromatic heterocycles. The van der Waals surface area contributed by atoms with Gasteiger partial charge in [0.1, 0.15) is 18.4 Å². The lowest BCUT2D eigenvalue weighted by Gasteiger charge is -2.09. The number of carbonyl (C=O) groups excluding carboxylic acids is 1. The molecule has 0 fully saturated rings. The molecule has 0 aliphatic heterocycles. The number of ether oxygens (including phenoxy) is 2. The molecular weight excluding hydrogens is 424 g/mol. The van der Waals surface area contributed by atoms with Crippen LogP contribution in [0.3, 0.4) is 0 Å². The molecule has 0 amide bonds. The molecule has 0 saturated carbocycles. The van der Waals surface area contributed by atoms with Gasteiger partial charge in [0, 0.05) is 21.6 Å². The van der Waals surface area contributed by atoms with Crippen molar-refractivity contribution < 1.29 is 14.3 Å². The average molecular weight is 447 g/mol. The zero-order valence-corrected chi connectivity index (χ0v) is 18.8. The maximum Gasteiger partial charge on any atom is 0.238 e. The number of aromatic nitrogens is 2. The summed E-state index contributed by atoms with van der Waals surface area (Å²) in [6.45, 7) is 4.61. The molecule has 0 aliphatic rings. The number of benzene rings is 2. The first-order valence-electron chi connectivity index (χ1n) is 10.1. The zero-order valence-electron chi connectivity index (χ0n) is 18.0. The van der Waals surface area contributed by atoms with Gasteiger partial charge in [0.25, 0.3) is 0 Å². The van der Waals surface area contributed by atoms with Crippen molar-refractivity contribution >= 4 is 39.6 Å². The van der Waals surface area contributed by atoms with Crippen molar-refractivity contribution in [3.05, 3.63) is 71.5 Å². The summed E-state index contributed by atoms with van der Waals surface area (Å²) in [5.74, 6) is 1.80. The molecule has 162 valence electrons. The Kier molecular flexibility index (Phi) is 6.42. The van der Waals surface area contributed by atoms with E-state index in [2.05, 4.69) is 20.5 Å². The summed E-state index contributed by atoms with van der Waals surface area (Å²) in [6.07, 6.45) is 2.31. The number of nitrogens with zero attached hydrogens (tertiary/aromatic N) is 3. The van der Waals surface area contributed by atoms with Gasteiger partial charge in [-0.15, -0.1) is 16.4 Å². The van der Waals surface area contributed by atoms with Gasteiger partial charge in [-0.25, -0.2) is 9.97 Å². The summed E-state index contributed by atoms with van der Waals surface area (Å²) >= 11 is 1.59. The second-order valence-electron chi connectivity index (χ2n) is 6.86. The maximum absolute atomic E-state index is 10.9. The molecule has 0 aliphatic carbocycles. The van der Waals surface area contributed by atoms with Crippen molar-refractivity contribution in [3.8, 4) is 16.2 Å². The molecule has 7 nitrogen and oxygen atoms in total. The first-order chi connectivity index (χ1) is 15.7. The lowest BCUT2D eigenvalue weighted by molar-refractivity contribution is 0.112. The first-order valence-corrected chi connectivity index (χ1v) is 10.9. The van der Waals surface area contributed by atoms with Gasteiger partial charge in [0.15, 0.2) is 5.82 Å². The van der Waals surface area contributed by atoms with Crippen LogP contribution in [-0.4, -0.2) is 35.9 Å². The van der Waals surface area contributed by atoms with Crippen LogP contribution >= 0.6 is 11.3 Å². The quantitative estimate of drug-likeness (QED) is 0.179. The van der Waals surface area contributed by atoms with E-state index in [1.165, 1.54) is 6.33 Å². The standard InChI is InChI=1S/C24H22N4O3S/c1-4-31-19-8-6-5-7-18(19)21-15(2)20-22(32-21)23(26-14-25-20)27-28-24(30-3)17-11-9-16(13-29)10-12-17/h5-14H,4H2,1-3H3,(H,25,26,27)/b28-24-. The van der Waals surface area contributed by atoms with Crippen LogP contribution < -0.4 is 10.2 Å². The highest BCUT2D eigenvalue weighted by molar-refractivity contribution is 7.23. The highest BCUT2D eigenvalue weighted by atomic mass is 32.1. The Labute approximate surface area is 189 Å². The third-order valence-electron chi connectivity index (χ3n) is 4.89. The van der Waals surface area contributed by atoms with E-state index in [-0.39, 0.29) is 0 Å². The van der Waals surface area contributed by atoms with Crippen molar-refractivity contribution in [2.45, 2.75) is 13.8 Å². The molecule has 2 heterocycles. The molecule has 8 heteroatoms. The number of aryl methyl sites for hydroxylation is 1. The number of methoxy groups -OCH3 is 1. The molecule has 4 rings (SSSR count). The van der Waals surface area contributed by atoms with Gasteiger partial charge < -0.3 is 9.47 Å². The molecule has 4 aromatic rings. The fourth-order valence-electron chi connectivity index (χ4n) is 3.33. The Morgan fingerprint density at radius 3 is 2.66 bits per heavy atom. The fraction of sp³-hybridized carbons (Fsp3) is 0.167. The number of aldehydes is 1. The summed E-state index contributed by atoms with van der Waals surface area (Å²) < 4.78 is 12.1. The highest BCUT2D eigenvalue weighted by Crippen LogP contribution is 2.42. The lowest BCUT2D eigenvalue weighted by Crippen LogP contribution is -2.07. The molecule has 0 atom stereocenters. The number of carbonyl (C=O) groups is 1. The van der Waals surface area contributed by atoms with Crippen LogP contribution in [0.15, 0.2) is 60.0 Å². The normalized spacial score (nSPS) is 11.4. The largest absolute Gasteiger partial charge is 0.493 e. The molecular formula is C24H22N4O3S. The third kappa shape index (κ3) is 4.17. The predicted octanol–water partition coefficient (Wildman–Crippen LogP) is 5.30. The van der Waals surface area contributed by atoms with Gasteiger partial charge >= 0.3 is 0 Å². The van der Waals surface area contributed by atoms with E-state index in [4.69, 9.17) is 9.47 Å². The molecule has 0 saturated heterocycles. The molecule has 0 unspecified atom stereocenters. The van der Waals surface area contributed by atoms with Crippen molar-refractivity contribution in [1.82, 2.24) is 9.97 Å². The van der Waals surface area contributed by atoms with Crippen LogP contribution in [-0.2, 0) is 4.74 Å². The first kappa shape index (κ1) is 21.5. The minimum absolute atomic E-state index is 0.379. The number of anilines is 1. The molecule has 2 aromatic carbocycles. The lowest BCUT2D eigenvalue weighted by atomic mass is 10.1. The topological polar surface area (TPSA) is 85.7 Å². The minimum Gasteiger partial charge on any atom is -0.493 e. The van der Waals surface area contributed by atoms with Crippen molar-refractivity contribution in [2.75, 3.05) is 19.1 Å². The van der Waals surface area contributed by atoms with Crippen LogP contribution in [0, 0.1) is 6.92 Å². The van der Waals surface area contributed by atoms with E-state index in [0.717, 1.165) is 43.8 Å². The van der Waals surface area contributed by atoms with Gasteiger partial charge in [0.2, 0.25) is 5.90 Å². The third-order valence-corrected chi connectivity index (χ3v) is 6.21. The number of para-hydroxylation sites is 1. The van der Waals surface area contributed by atoms with Gasteiger partial charge in [-0.05, 0) is 43.7 Å². The predicted molar refractivity (Wildman–Crippen MR) is 128 cm³/mol. The van der Waals surface area contributed by atoms with Gasteiger partial charge in [-0.1, -0.05) is 24.3 Å². The summed E-state index contributed by atoms with van der Waals surface area (Å²) in [5.41, 5.74) is 7.29. The number of hydrogen-bond acceptors (Lipinski definition) is 8. The van der Waals surface area contributed by atoms with Crippen molar-refractivity contribution in [3.63, 3.8) is 0 Å². The molecule has 0 radical (unpaired) electrons. The van der Waals surface area contributed by atoms with Crippen molar-refractivity contribution in [1.29, 1.82) is 0 Å². The fourth-order valence-corrected chi connectivity index (χ4v) is 4.56. The SMILES string of the molecule is CCOc1ccccc1-c1sc2c(N/N=C(\OC)c3ccc(C=O)cc3)ncnc2c1C. The zero-order chi connectivity index (χ0) is 22.5. The van der Waals surface area contributed by atoms with E-state index in [0.29, 0.717) is 23.9 Å². The Morgan fingerprint density at radius 2 is 1.94 bits per heavy atom. The molecule has 1 N–H and O–H groups in total. The van der Waals surface area contributed by atoms with Crippen LogP contribution in [0.4, 0.5) is 5.82 Å². The Morgan fingerprint density at radius 1 is 1.16 bits per heavy atom. The Hall–Kier alpha value is -3.78. The average Bonchev–Trinajstić information content (AvgIpc) is 3.17. The molecule has 0 spiro atoms. The van der Waals surface area contributed by atoms with E-state index >= 15 is 0 Å². The van der Waals surface area contributed by atoms with Crippen molar-refractivity contribution in [2.24, 2.45) is 5.10 Å². The summed E-state index contributed by atoms with van der Waals surface area (Å²) in [4.78, 5) is 20.8. The van der Waals surface area contributed by atoms with Gasteiger partial charge in [-0.3, -0.25) is 10.2 Å². The van der Waals surface area contributed by atoms with Gasteiger partial charge in [-0.2, -0.15) is 0 Å². The number of hydrogen-bond donors (Lipinski definition) is 1. The van der Waals surface area contributed by atoms with Crippen LogP contribution in [0.5, 0.6) is 5.75 Å². The monoisotopic (exact) mass is 446 g/mol. The number of hydrazone groups is 1. The summed E-state index contributed by atoms with van der Waals surface area (Å²) in [6, 6.07) is 15.0. The number of fused-ring (bicyclic) bond motifs is 1. The summed E-state index contributed by atoms with van der Waals surface area (Å²) in [5, 5.41) is 4.39. The van der Waals surface area contributed by atoms with E-state index in [9.17, 15) is 4.79 Å². The van der Waals surface area contributed by atoms with Gasteiger partial charge in [0.05, 0.1) is 23.9 Å². The van der Waals surface area contributed by atoms with E-state index in [1.54, 1.807) is 42.7 Å². The Balaban J connectivity index is 1.72. The Bertz CT molecular complexity index is 1280. The molecule has 32 heavy (non-hydrogen) atoms. The van der Waals surface area contributed by atoms with Crippen LogP contribution in [0.1, 0.15) is 28.4 Å². The smallest absolute Gasteiger partial charge is 0.238 e. The molecule has 0 bridgehead atoms. The second kappa shape index (κ2) is 9.57. The highest BCUT2D eigenvalue weighted by Gasteiger charge is 2.18. The minimum atomic E-state index is 0.379. The van der Waals surface area contributed by atoms with E-state index < -0.39 is 0 Å². The number of nitrogens with one attached hydrogen (secondary N) is 1. The second-order valence-corrected chi connectivity index (χ2v) is 7.88. The summed E-state index contributed by atoms with van der Waals surface area (Å²) in [7, 11) is 1.54. The van der Waals surface area contributed by atoms with Crippen LogP contribution in [0.25, 0.3) is 20.7 Å².